The third-order valence-electron chi connectivity index (χ3n) is 5.23. The summed E-state index contributed by atoms with van der Waals surface area (Å²) < 4.78 is 56.4. The lowest BCUT2D eigenvalue weighted by atomic mass is 10.1. The fraction of sp³-hybridized carbons (Fsp3) is 0.286. The van der Waals surface area contributed by atoms with Crippen LogP contribution in [-0.4, -0.2) is 58.6 Å². The van der Waals surface area contributed by atoms with Crippen molar-refractivity contribution in [2.24, 2.45) is 0 Å². The second-order valence-corrected chi connectivity index (χ2v) is 9.26. The molecule has 3 aromatic rings. The smallest absolute Gasteiger partial charge is 0.249 e. The van der Waals surface area contributed by atoms with Crippen LogP contribution >= 0.6 is 0 Å². The lowest BCUT2D eigenvalue weighted by molar-refractivity contribution is 0.146. The van der Waals surface area contributed by atoms with Crippen molar-refractivity contribution in [2.75, 3.05) is 26.2 Å². The van der Waals surface area contributed by atoms with Crippen molar-refractivity contribution in [3.05, 3.63) is 65.5 Å². The van der Waals surface area contributed by atoms with Crippen molar-refractivity contribution >= 4 is 10.0 Å². The molecule has 1 aliphatic heterocycles. The molecule has 166 valence electrons. The Labute approximate surface area is 184 Å². The number of hydrogen-bond donors (Lipinski definition) is 0. The Morgan fingerprint density at radius 3 is 2.25 bits per heavy atom. The van der Waals surface area contributed by atoms with E-state index < -0.39 is 26.6 Å². The first-order valence-corrected chi connectivity index (χ1v) is 11.3. The summed E-state index contributed by atoms with van der Waals surface area (Å²) in [5, 5.41) is 13.4. The van der Waals surface area contributed by atoms with Gasteiger partial charge in [0.2, 0.25) is 10.0 Å². The minimum absolute atomic E-state index is 0.0932. The first kappa shape index (κ1) is 22.0. The number of halogens is 2. The predicted octanol–water partition coefficient (Wildman–Crippen LogP) is 2.37. The average molecular weight is 458 g/mol. The molecular weight excluding hydrogens is 438 g/mol. The van der Waals surface area contributed by atoms with Crippen LogP contribution in [0.4, 0.5) is 8.78 Å². The molecule has 32 heavy (non-hydrogen) atoms. The number of benzene rings is 2. The van der Waals surface area contributed by atoms with Crippen molar-refractivity contribution in [1.82, 2.24) is 24.0 Å². The monoisotopic (exact) mass is 458 g/mol. The third kappa shape index (κ3) is 4.25. The highest BCUT2D eigenvalue weighted by Gasteiger charge is 2.33. The van der Waals surface area contributed by atoms with Gasteiger partial charge in [-0.15, -0.1) is 0 Å². The van der Waals surface area contributed by atoms with E-state index in [4.69, 9.17) is 5.26 Å². The number of aromatic nitrogens is 3. The van der Waals surface area contributed by atoms with Crippen LogP contribution in [0.15, 0.2) is 47.4 Å². The zero-order valence-corrected chi connectivity index (χ0v) is 18.1. The molecule has 0 aliphatic carbocycles. The molecule has 1 fully saturated rings. The Kier molecular flexibility index (Phi) is 6.01. The molecule has 4 rings (SSSR count). The molecule has 0 atom stereocenters. The summed E-state index contributed by atoms with van der Waals surface area (Å²) in [7, 11) is -4.28. The molecule has 0 bridgehead atoms. The molecule has 0 N–H and O–H groups in total. The lowest BCUT2D eigenvalue weighted by Crippen LogP contribution is -2.49. The standard InChI is InChI=1S/C21H20F2N6O2S/c1-15-25-21(17-7-5-16(13-24)6-8-17)29(26-15)14-27-9-11-28(12-10-27)32(30,31)20-18(22)3-2-4-19(20)23/h2-8H,9-12,14H2,1H3. The number of nitriles is 1. The van der Waals surface area contributed by atoms with Crippen LogP contribution in [0.1, 0.15) is 11.4 Å². The Balaban J connectivity index is 1.48. The van der Waals surface area contributed by atoms with E-state index >= 15 is 0 Å². The fourth-order valence-corrected chi connectivity index (χ4v) is 5.15. The Morgan fingerprint density at radius 1 is 1.03 bits per heavy atom. The van der Waals surface area contributed by atoms with Gasteiger partial charge in [0.15, 0.2) is 10.7 Å². The van der Waals surface area contributed by atoms with Gasteiger partial charge >= 0.3 is 0 Å². The van der Waals surface area contributed by atoms with Gasteiger partial charge in [0, 0.05) is 31.7 Å². The lowest BCUT2D eigenvalue weighted by Gasteiger charge is -2.34. The van der Waals surface area contributed by atoms with Crippen LogP contribution in [0.2, 0.25) is 0 Å². The highest BCUT2D eigenvalue weighted by Crippen LogP contribution is 2.24. The summed E-state index contributed by atoms with van der Waals surface area (Å²) in [6.45, 7) is 3.06. The minimum Gasteiger partial charge on any atom is -0.282 e. The van der Waals surface area contributed by atoms with Gasteiger partial charge in [-0.05, 0) is 43.3 Å². The molecule has 0 saturated carbocycles. The molecule has 2 heterocycles. The van der Waals surface area contributed by atoms with Crippen molar-refractivity contribution in [1.29, 1.82) is 5.26 Å². The summed E-state index contributed by atoms with van der Waals surface area (Å²) in [5.41, 5.74) is 1.35. The van der Waals surface area contributed by atoms with Crippen molar-refractivity contribution in [2.45, 2.75) is 18.5 Å². The second-order valence-electron chi connectivity index (χ2n) is 7.39. The number of piperazine rings is 1. The van der Waals surface area contributed by atoms with Gasteiger partial charge in [-0.25, -0.2) is 26.9 Å². The topological polar surface area (TPSA) is 95.1 Å². The number of aryl methyl sites for hydroxylation is 1. The zero-order valence-electron chi connectivity index (χ0n) is 17.2. The van der Waals surface area contributed by atoms with Gasteiger partial charge in [-0.1, -0.05) is 6.07 Å². The summed E-state index contributed by atoms with van der Waals surface area (Å²) >= 11 is 0. The van der Waals surface area contributed by atoms with Crippen LogP contribution in [-0.2, 0) is 16.7 Å². The van der Waals surface area contributed by atoms with Gasteiger partial charge in [0.1, 0.15) is 17.5 Å². The SMILES string of the molecule is Cc1nc(-c2ccc(C#N)cc2)n(CN2CCN(S(=O)(=O)c3c(F)cccc3F)CC2)n1. The summed E-state index contributed by atoms with van der Waals surface area (Å²) in [4.78, 5) is 5.55. The Bertz CT molecular complexity index is 1260. The Morgan fingerprint density at radius 2 is 1.66 bits per heavy atom. The summed E-state index contributed by atoms with van der Waals surface area (Å²) in [6.07, 6.45) is 0. The second kappa shape index (κ2) is 8.74. The molecule has 0 amide bonds. The summed E-state index contributed by atoms with van der Waals surface area (Å²) in [5.74, 6) is -0.980. The van der Waals surface area contributed by atoms with E-state index in [0.29, 0.717) is 37.0 Å². The Hall–Kier alpha value is -3.20. The first-order chi connectivity index (χ1) is 15.3. The largest absolute Gasteiger partial charge is 0.282 e. The molecule has 0 unspecified atom stereocenters. The van der Waals surface area contributed by atoms with E-state index in [1.807, 2.05) is 4.90 Å². The minimum atomic E-state index is -4.28. The van der Waals surface area contributed by atoms with E-state index in [1.165, 1.54) is 0 Å². The molecule has 8 nitrogen and oxygen atoms in total. The first-order valence-electron chi connectivity index (χ1n) is 9.88. The van der Waals surface area contributed by atoms with E-state index in [1.54, 1.807) is 35.9 Å². The number of nitrogens with zero attached hydrogens (tertiary/aromatic N) is 6. The number of hydrogen-bond acceptors (Lipinski definition) is 6. The van der Waals surface area contributed by atoms with Crippen molar-refractivity contribution in [3.63, 3.8) is 0 Å². The maximum absolute atomic E-state index is 14.0. The summed E-state index contributed by atoms with van der Waals surface area (Å²) in [6, 6.07) is 12.1. The van der Waals surface area contributed by atoms with E-state index in [0.717, 1.165) is 28.1 Å². The van der Waals surface area contributed by atoms with E-state index in [-0.39, 0.29) is 13.1 Å². The van der Waals surface area contributed by atoms with Gasteiger partial charge < -0.3 is 0 Å². The van der Waals surface area contributed by atoms with Gasteiger partial charge in [0.05, 0.1) is 18.3 Å². The van der Waals surface area contributed by atoms with E-state index in [9.17, 15) is 17.2 Å². The van der Waals surface area contributed by atoms with Gasteiger partial charge in [-0.3, -0.25) is 4.90 Å². The predicted molar refractivity (Wildman–Crippen MR) is 112 cm³/mol. The van der Waals surface area contributed by atoms with Crippen molar-refractivity contribution in [3.8, 4) is 17.5 Å². The number of sulfonamides is 1. The number of rotatable bonds is 5. The van der Waals surface area contributed by atoms with Crippen LogP contribution < -0.4 is 0 Å². The molecule has 2 aromatic carbocycles. The van der Waals surface area contributed by atoms with Crippen LogP contribution in [0.25, 0.3) is 11.4 Å². The van der Waals surface area contributed by atoms with Crippen molar-refractivity contribution < 1.29 is 17.2 Å². The quantitative estimate of drug-likeness (QED) is 0.583. The molecule has 0 spiro atoms. The highest BCUT2D eigenvalue weighted by molar-refractivity contribution is 7.89. The molecular formula is C21H20F2N6O2S. The van der Waals surface area contributed by atoms with Crippen LogP contribution in [0.3, 0.4) is 0 Å². The molecule has 0 radical (unpaired) electrons. The average Bonchev–Trinajstić information content (AvgIpc) is 3.14. The van der Waals surface area contributed by atoms with Crippen LogP contribution in [0.5, 0.6) is 0 Å². The van der Waals surface area contributed by atoms with E-state index in [2.05, 4.69) is 16.2 Å². The zero-order chi connectivity index (χ0) is 22.9. The highest BCUT2D eigenvalue weighted by atomic mass is 32.2. The normalized spacial score (nSPS) is 15.6. The molecule has 11 heteroatoms. The third-order valence-corrected chi connectivity index (χ3v) is 7.18. The molecule has 1 aromatic heterocycles. The molecule has 1 saturated heterocycles. The van der Waals surface area contributed by atoms with Gasteiger partial charge in [0.25, 0.3) is 0 Å². The maximum atomic E-state index is 14.0. The molecule has 1 aliphatic rings. The van der Waals surface area contributed by atoms with Crippen LogP contribution in [0, 0.1) is 29.9 Å². The van der Waals surface area contributed by atoms with Gasteiger partial charge in [-0.2, -0.15) is 14.7 Å². The maximum Gasteiger partial charge on any atom is 0.249 e. The fourth-order valence-electron chi connectivity index (χ4n) is 3.62.